The van der Waals surface area contributed by atoms with Crippen molar-refractivity contribution >= 4 is 17.7 Å². The minimum absolute atomic E-state index is 0.0101. The van der Waals surface area contributed by atoms with Crippen molar-refractivity contribution in [1.82, 2.24) is 9.55 Å². The van der Waals surface area contributed by atoms with Crippen LogP contribution in [0.2, 0.25) is 0 Å². The first-order chi connectivity index (χ1) is 9.58. The second-order valence-corrected chi connectivity index (χ2v) is 4.48. The number of nitrogens with zero attached hydrogens (tertiary/aromatic N) is 3. The minimum atomic E-state index is -0.192. The predicted octanol–water partition coefficient (Wildman–Crippen LogP) is 2.13. The van der Waals surface area contributed by atoms with Crippen LogP contribution in [-0.4, -0.2) is 21.5 Å². The molecule has 0 unspecified atom stereocenters. The molecule has 2 aromatic rings. The SMILES string of the molecule is CC(=O)CC=Nc1cc(-c2ccncc2)cn(C)c1=O. The van der Waals surface area contributed by atoms with Crippen LogP contribution < -0.4 is 5.56 Å². The van der Waals surface area contributed by atoms with E-state index in [0.717, 1.165) is 11.1 Å². The Kier molecular flexibility index (Phi) is 4.20. The highest BCUT2D eigenvalue weighted by Crippen LogP contribution is 2.20. The van der Waals surface area contributed by atoms with Gasteiger partial charge in [0.15, 0.2) is 0 Å². The molecule has 0 fully saturated rings. The molecule has 0 aliphatic heterocycles. The quantitative estimate of drug-likeness (QED) is 0.799. The van der Waals surface area contributed by atoms with Gasteiger partial charge in [-0.3, -0.25) is 19.6 Å². The monoisotopic (exact) mass is 269 g/mol. The van der Waals surface area contributed by atoms with Crippen molar-refractivity contribution in [3.05, 3.63) is 47.1 Å². The summed E-state index contributed by atoms with van der Waals surface area (Å²) in [5.74, 6) is 0.0101. The van der Waals surface area contributed by atoms with E-state index in [2.05, 4.69) is 9.98 Å². The highest BCUT2D eigenvalue weighted by molar-refractivity contribution is 5.90. The van der Waals surface area contributed by atoms with Crippen LogP contribution in [0.15, 0.2) is 46.6 Å². The lowest BCUT2D eigenvalue weighted by molar-refractivity contribution is -0.115. The van der Waals surface area contributed by atoms with Gasteiger partial charge in [0.05, 0.1) is 0 Å². The molecule has 2 heterocycles. The number of carbonyl (C=O) groups excluding carboxylic acids is 1. The molecule has 5 nitrogen and oxygen atoms in total. The molecule has 2 rings (SSSR count). The molecule has 0 radical (unpaired) electrons. The molecule has 0 spiro atoms. The molecule has 20 heavy (non-hydrogen) atoms. The van der Waals surface area contributed by atoms with Gasteiger partial charge >= 0.3 is 0 Å². The molecule has 0 saturated heterocycles. The first-order valence-electron chi connectivity index (χ1n) is 6.21. The van der Waals surface area contributed by atoms with Gasteiger partial charge in [-0.15, -0.1) is 0 Å². The van der Waals surface area contributed by atoms with Gasteiger partial charge < -0.3 is 4.57 Å². The summed E-state index contributed by atoms with van der Waals surface area (Å²) in [6, 6.07) is 5.44. The number of aliphatic imine (C=N–C) groups is 1. The molecule has 0 bridgehead atoms. The average Bonchev–Trinajstić information content (AvgIpc) is 2.44. The lowest BCUT2D eigenvalue weighted by atomic mass is 10.1. The van der Waals surface area contributed by atoms with Crippen LogP contribution in [0.5, 0.6) is 0 Å². The van der Waals surface area contributed by atoms with Crippen molar-refractivity contribution in [2.45, 2.75) is 13.3 Å². The molecule has 2 aromatic heterocycles. The zero-order chi connectivity index (χ0) is 14.5. The molecule has 0 aliphatic rings. The Morgan fingerprint density at radius 1 is 1.35 bits per heavy atom. The van der Waals surface area contributed by atoms with E-state index in [-0.39, 0.29) is 17.8 Å². The fourth-order valence-corrected chi connectivity index (χ4v) is 1.76. The summed E-state index contributed by atoms with van der Waals surface area (Å²) in [7, 11) is 1.68. The number of hydrogen-bond acceptors (Lipinski definition) is 4. The van der Waals surface area contributed by atoms with Gasteiger partial charge in [-0.1, -0.05) is 0 Å². The third-order valence-electron chi connectivity index (χ3n) is 2.79. The number of Topliss-reactive ketones (excluding diaryl/α,β-unsaturated/α-hetero) is 1. The van der Waals surface area contributed by atoms with Crippen molar-refractivity contribution in [2.24, 2.45) is 12.0 Å². The third kappa shape index (κ3) is 3.26. The Balaban J connectivity index is 2.43. The van der Waals surface area contributed by atoms with E-state index in [9.17, 15) is 9.59 Å². The summed E-state index contributed by atoms with van der Waals surface area (Å²) < 4.78 is 1.48. The van der Waals surface area contributed by atoms with Crippen molar-refractivity contribution in [2.75, 3.05) is 0 Å². The molecule has 0 aromatic carbocycles. The molecule has 0 N–H and O–H groups in total. The Hall–Kier alpha value is -2.56. The van der Waals surface area contributed by atoms with Gasteiger partial charge in [0.2, 0.25) is 0 Å². The Bertz CT molecular complexity index is 703. The van der Waals surface area contributed by atoms with Crippen molar-refractivity contribution in [3.63, 3.8) is 0 Å². The van der Waals surface area contributed by atoms with Crippen LogP contribution in [0.4, 0.5) is 5.69 Å². The number of aryl methyl sites for hydroxylation is 1. The van der Waals surface area contributed by atoms with E-state index < -0.39 is 0 Å². The number of pyridine rings is 2. The first kappa shape index (κ1) is 13.9. The van der Waals surface area contributed by atoms with E-state index >= 15 is 0 Å². The molecule has 5 heteroatoms. The number of hydrogen-bond donors (Lipinski definition) is 0. The fourth-order valence-electron chi connectivity index (χ4n) is 1.76. The average molecular weight is 269 g/mol. The summed E-state index contributed by atoms with van der Waals surface area (Å²) in [4.78, 5) is 30.9. The Morgan fingerprint density at radius 3 is 2.70 bits per heavy atom. The van der Waals surface area contributed by atoms with Crippen LogP contribution in [0.25, 0.3) is 11.1 Å². The fraction of sp³-hybridized carbons (Fsp3) is 0.200. The normalized spacial score (nSPS) is 10.9. The number of ketones is 1. The predicted molar refractivity (Wildman–Crippen MR) is 78.4 cm³/mol. The van der Waals surface area contributed by atoms with Crippen LogP contribution in [0.1, 0.15) is 13.3 Å². The van der Waals surface area contributed by atoms with Gasteiger partial charge in [0, 0.05) is 43.8 Å². The maximum absolute atomic E-state index is 12.0. The van der Waals surface area contributed by atoms with Gasteiger partial charge in [-0.2, -0.15) is 0 Å². The summed E-state index contributed by atoms with van der Waals surface area (Å²) >= 11 is 0. The zero-order valence-corrected chi connectivity index (χ0v) is 11.4. The summed E-state index contributed by atoms with van der Waals surface area (Å²) in [5.41, 5.74) is 1.97. The number of aromatic nitrogens is 2. The van der Waals surface area contributed by atoms with Crippen LogP contribution in [0, 0.1) is 0 Å². The molecule has 0 amide bonds. The van der Waals surface area contributed by atoms with Gasteiger partial charge in [0.25, 0.3) is 5.56 Å². The molecule has 0 atom stereocenters. The Labute approximate surface area is 116 Å². The van der Waals surface area contributed by atoms with Crippen LogP contribution >= 0.6 is 0 Å². The van der Waals surface area contributed by atoms with Gasteiger partial charge in [-0.25, -0.2) is 0 Å². The summed E-state index contributed by atoms with van der Waals surface area (Å²) in [6.07, 6.45) is 6.83. The van der Waals surface area contributed by atoms with Crippen molar-refractivity contribution < 1.29 is 4.79 Å². The van der Waals surface area contributed by atoms with E-state index in [1.54, 1.807) is 31.7 Å². The topological polar surface area (TPSA) is 64.3 Å². The lowest BCUT2D eigenvalue weighted by Gasteiger charge is -2.05. The van der Waals surface area contributed by atoms with Gasteiger partial charge in [-0.05, 0) is 30.7 Å². The molecule has 0 saturated carbocycles. The van der Waals surface area contributed by atoms with E-state index in [1.165, 1.54) is 17.7 Å². The van der Waals surface area contributed by atoms with Crippen molar-refractivity contribution in [3.8, 4) is 11.1 Å². The maximum Gasteiger partial charge on any atom is 0.276 e. The number of rotatable bonds is 4. The van der Waals surface area contributed by atoms with Crippen LogP contribution in [0.3, 0.4) is 0 Å². The molecule has 0 aliphatic carbocycles. The standard InChI is InChI=1S/C15H15N3O2/c1-11(19)3-8-17-14-9-13(10-18(2)15(14)20)12-4-6-16-7-5-12/h4-10H,3H2,1-2H3. The largest absolute Gasteiger partial charge is 0.316 e. The summed E-state index contributed by atoms with van der Waals surface area (Å²) in [6.45, 7) is 1.48. The van der Waals surface area contributed by atoms with E-state index in [4.69, 9.17) is 0 Å². The smallest absolute Gasteiger partial charge is 0.276 e. The van der Waals surface area contributed by atoms with Gasteiger partial charge in [0.1, 0.15) is 11.5 Å². The molecular weight excluding hydrogens is 254 g/mol. The maximum atomic E-state index is 12.0. The first-order valence-corrected chi connectivity index (χ1v) is 6.21. The second kappa shape index (κ2) is 6.06. The Morgan fingerprint density at radius 2 is 2.05 bits per heavy atom. The third-order valence-corrected chi connectivity index (χ3v) is 2.79. The highest BCUT2D eigenvalue weighted by Gasteiger charge is 2.05. The van der Waals surface area contributed by atoms with Crippen molar-refractivity contribution in [1.29, 1.82) is 0 Å². The minimum Gasteiger partial charge on any atom is -0.316 e. The number of carbonyl (C=O) groups is 1. The van der Waals surface area contributed by atoms with Crippen LogP contribution in [-0.2, 0) is 11.8 Å². The van der Waals surface area contributed by atoms with E-state index in [1.807, 2.05) is 12.1 Å². The summed E-state index contributed by atoms with van der Waals surface area (Å²) in [5, 5.41) is 0. The zero-order valence-electron chi connectivity index (χ0n) is 11.4. The highest BCUT2D eigenvalue weighted by atomic mass is 16.1. The lowest BCUT2D eigenvalue weighted by Crippen LogP contribution is -2.15. The van der Waals surface area contributed by atoms with E-state index in [0.29, 0.717) is 5.69 Å². The molecule has 102 valence electrons. The second-order valence-electron chi connectivity index (χ2n) is 4.48. The molecular formula is C15H15N3O2.